The minimum Gasteiger partial charge on any atom is -0.354 e. The Bertz CT molecular complexity index is 1150. The fourth-order valence-corrected chi connectivity index (χ4v) is 5.13. The number of carbonyl (C=O) groups excluding carboxylic acids is 1. The first-order valence-corrected chi connectivity index (χ1v) is 11.5. The van der Waals surface area contributed by atoms with Crippen LogP contribution in [0.25, 0.3) is 22.2 Å². The molecule has 0 saturated carbocycles. The van der Waals surface area contributed by atoms with Crippen LogP contribution in [0.3, 0.4) is 0 Å². The lowest BCUT2D eigenvalue weighted by Gasteiger charge is -2.26. The summed E-state index contributed by atoms with van der Waals surface area (Å²) in [7, 11) is -2.86. The summed E-state index contributed by atoms with van der Waals surface area (Å²) in [5.41, 5.74) is 6.33. The van der Waals surface area contributed by atoms with Gasteiger partial charge >= 0.3 is 0 Å². The fraction of sp³-hybridized carbons (Fsp3) is 0.318. The molecule has 1 saturated heterocycles. The highest BCUT2D eigenvalue weighted by Crippen LogP contribution is 2.28. The molecule has 2 N–H and O–H groups in total. The second kappa shape index (κ2) is 7.65. The van der Waals surface area contributed by atoms with Gasteiger partial charge in [-0.2, -0.15) is 0 Å². The van der Waals surface area contributed by atoms with E-state index in [0.717, 1.165) is 34.4 Å². The zero-order valence-corrected chi connectivity index (χ0v) is 17.5. The number of aromatic nitrogens is 1. The van der Waals surface area contributed by atoms with Crippen molar-refractivity contribution in [2.24, 2.45) is 0 Å². The highest BCUT2D eigenvalue weighted by atomic mass is 32.2. The predicted molar refractivity (Wildman–Crippen MR) is 117 cm³/mol. The molecule has 0 atom stereocenters. The standard InChI is InChI=1S/C22H25N3O3S/c1-15-11-17(14-25-7-9-29(27,28)10-8-25)12-19-13-21(24-22(15)19)18-3-5-20(6-4-18)23-16(2)26/h3-6,11-13,24H,7-10,14H2,1-2H3,(H,23,26). The molecule has 2 heterocycles. The quantitative estimate of drug-likeness (QED) is 0.690. The van der Waals surface area contributed by atoms with Crippen molar-refractivity contribution in [1.29, 1.82) is 0 Å². The number of aromatic amines is 1. The molecule has 7 heteroatoms. The monoisotopic (exact) mass is 411 g/mol. The molecule has 3 aromatic rings. The molecule has 6 nitrogen and oxygen atoms in total. The third-order valence-corrected chi connectivity index (χ3v) is 6.95. The molecule has 1 aliphatic rings. The maximum absolute atomic E-state index is 11.6. The first-order valence-electron chi connectivity index (χ1n) is 9.72. The molecule has 1 aliphatic heterocycles. The second-order valence-electron chi connectivity index (χ2n) is 7.75. The lowest BCUT2D eigenvalue weighted by Crippen LogP contribution is -2.39. The number of nitrogens with one attached hydrogen (secondary N) is 2. The molecule has 152 valence electrons. The van der Waals surface area contributed by atoms with Gasteiger partial charge in [-0.25, -0.2) is 8.42 Å². The van der Waals surface area contributed by atoms with Crippen LogP contribution in [0.4, 0.5) is 5.69 Å². The van der Waals surface area contributed by atoms with Crippen LogP contribution in [0.5, 0.6) is 0 Å². The Balaban J connectivity index is 1.56. The molecule has 0 spiro atoms. The molecule has 0 aliphatic carbocycles. The summed E-state index contributed by atoms with van der Waals surface area (Å²) in [6, 6.07) is 14.2. The average Bonchev–Trinajstić information content (AvgIpc) is 3.08. The van der Waals surface area contributed by atoms with Crippen molar-refractivity contribution in [3.63, 3.8) is 0 Å². The summed E-state index contributed by atoms with van der Waals surface area (Å²) in [5.74, 6) is 0.409. The molecule has 0 radical (unpaired) electrons. The molecule has 0 bridgehead atoms. The Morgan fingerprint density at radius 2 is 1.79 bits per heavy atom. The summed E-state index contributed by atoms with van der Waals surface area (Å²) in [6.07, 6.45) is 0. The van der Waals surface area contributed by atoms with Crippen molar-refractivity contribution < 1.29 is 13.2 Å². The van der Waals surface area contributed by atoms with Crippen LogP contribution in [-0.2, 0) is 21.2 Å². The van der Waals surface area contributed by atoms with Gasteiger partial charge in [-0.05, 0) is 47.9 Å². The molecule has 1 aromatic heterocycles. The number of anilines is 1. The van der Waals surface area contributed by atoms with Gasteiger partial charge in [0.15, 0.2) is 9.84 Å². The minimum atomic E-state index is -2.86. The maximum Gasteiger partial charge on any atom is 0.221 e. The van der Waals surface area contributed by atoms with Gasteiger partial charge in [0.05, 0.1) is 11.5 Å². The van der Waals surface area contributed by atoms with Crippen molar-refractivity contribution in [2.45, 2.75) is 20.4 Å². The smallest absolute Gasteiger partial charge is 0.221 e. The lowest BCUT2D eigenvalue weighted by atomic mass is 10.1. The molecule has 29 heavy (non-hydrogen) atoms. The van der Waals surface area contributed by atoms with Crippen LogP contribution < -0.4 is 5.32 Å². The average molecular weight is 412 g/mol. The Kier molecular flexibility index (Phi) is 5.19. The highest BCUT2D eigenvalue weighted by molar-refractivity contribution is 7.91. The van der Waals surface area contributed by atoms with E-state index in [0.29, 0.717) is 13.1 Å². The minimum absolute atomic E-state index is 0.0854. The number of sulfone groups is 1. The maximum atomic E-state index is 11.6. The first-order chi connectivity index (χ1) is 13.8. The predicted octanol–water partition coefficient (Wildman–Crippen LogP) is 3.33. The Morgan fingerprint density at radius 3 is 2.45 bits per heavy atom. The summed E-state index contributed by atoms with van der Waals surface area (Å²) >= 11 is 0. The number of benzene rings is 2. The molecule has 4 rings (SSSR count). The molecular formula is C22H25N3O3S. The van der Waals surface area contributed by atoms with E-state index in [1.165, 1.54) is 18.1 Å². The van der Waals surface area contributed by atoms with Gasteiger partial charge in [-0.15, -0.1) is 0 Å². The highest BCUT2D eigenvalue weighted by Gasteiger charge is 2.21. The van der Waals surface area contributed by atoms with E-state index in [1.54, 1.807) is 0 Å². The van der Waals surface area contributed by atoms with Crippen molar-refractivity contribution in [2.75, 3.05) is 29.9 Å². The first kappa shape index (κ1) is 19.7. The van der Waals surface area contributed by atoms with E-state index in [2.05, 4.69) is 40.3 Å². The van der Waals surface area contributed by atoms with Crippen molar-refractivity contribution in [1.82, 2.24) is 9.88 Å². The van der Waals surface area contributed by atoms with Crippen LogP contribution in [0.2, 0.25) is 0 Å². The van der Waals surface area contributed by atoms with Crippen LogP contribution >= 0.6 is 0 Å². The summed E-state index contributed by atoms with van der Waals surface area (Å²) in [5, 5.41) is 3.92. The summed E-state index contributed by atoms with van der Waals surface area (Å²) in [4.78, 5) is 16.9. The van der Waals surface area contributed by atoms with Gasteiger partial charge in [0.1, 0.15) is 0 Å². The lowest BCUT2D eigenvalue weighted by molar-refractivity contribution is -0.114. The van der Waals surface area contributed by atoms with Gasteiger partial charge in [0.25, 0.3) is 0 Å². The molecule has 0 unspecified atom stereocenters. The number of aryl methyl sites for hydroxylation is 1. The van der Waals surface area contributed by atoms with Crippen LogP contribution in [0.1, 0.15) is 18.1 Å². The summed E-state index contributed by atoms with van der Waals surface area (Å²) < 4.78 is 23.3. The van der Waals surface area contributed by atoms with Crippen molar-refractivity contribution in [3.05, 3.63) is 53.6 Å². The molecule has 1 amide bonds. The van der Waals surface area contributed by atoms with Gasteiger partial charge in [-0.1, -0.05) is 18.2 Å². The Labute approximate surface area is 170 Å². The van der Waals surface area contributed by atoms with Gasteiger partial charge < -0.3 is 10.3 Å². The van der Waals surface area contributed by atoms with Crippen molar-refractivity contribution in [3.8, 4) is 11.3 Å². The number of fused-ring (bicyclic) bond motifs is 1. The van der Waals surface area contributed by atoms with E-state index >= 15 is 0 Å². The van der Waals surface area contributed by atoms with Gasteiger partial charge in [-0.3, -0.25) is 9.69 Å². The van der Waals surface area contributed by atoms with E-state index in [1.807, 2.05) is 24.3 Å². The third-order valence-electron chi connectivity index (χ3n) is 5.34. The Morgan fingerprint density at radius 1 is 1.10 bits per heavy atom. The van der Waals surface area contributed by atoms with Crippen molar-refractivity contribution >= 4 is 32.3 Å². The SMILES string of the molecule is CC(=O)Nc1ccc(-c2cc3cc(CN4CCS(=O)(=O)CC4)cc(C)c3[nH]2)cc1. The van der Waals surface area contributed by atoms with E-state index in [9.17, 15) is 13.2 Å². The molecule has 1 fully saturated rings. The largest absolute Gasteiger partial charge is 0.354 e. The molecular weight excluding hydrogens is 386 g/mol. The topological polar surface area (TPSA) is 82.3 Å². The van der Waals surface area contributed by atoms with E-state index < -0.39 is 9.84 Å². The summed E-state index contributed by atoms with van der Waals surface area (Å²) in [6.45, 7) is 5.54. The molecule has 2 aromatic carbocycles. The third kappa shape index (κ3) is 4.52. The second-order valence-corrected chi connectivity index (χ2v) is 10.1. The number of hydrogen-bond donors (Lipinski definition) is 2. The number of hydrogen-bond acceptors (Lipinski definition) is 4. The number of rotatable bonds is 4. The van der Waals surface area contributed by atoms with E-state index in [4.69, 9.17) is 0 Å². The van der Waals surface area contributed by atoms with Crippen LogP contribution in [-0.4, -0.2) is 48.8 Å². The van der Waals surface area contributed by atoms with Crippen LogP contribution in [0.15, 0.2) is 42.5 Å². The van der Waals surface area contributed by atoms with Gasteiger partial charge in [0.2, 0.25) is 5.91 Å². The normalized spacial score (nSPS) is 16.8. The van der Waals surface area contributed by atoms with E-state index in [-0.39, 0.29) is 17.4 Å². The Hall–Kier alpha value is -2.64. The fourth-order valence-electron chi connectivity index (χ4n) is 3.85. The van der Waals surface area contributed by atoms with Crippen LogP contribution in [0, 0.1) is 6.92 Å². The number of carbonyl (C=O) groups is 1. The number of H-pyrrole nitrogens is 1. The number of amides is 1. The number of nitrogens with zero attached hydrogens (tertiary/aromatic N) is 1. The zero-order chi connectivity index (χ0) is 20.6. The zero-order valence-electron chi connectivity index (χ0n) is 16.7. The van der Waals surface area contributed by atoms with Gasteiger partial charge in [0, 0.05) is 48.8 Å².